The Bertz CT molecular complexity index is 405. The van der Waals surface area contributed by atoms with E-state index in [-0.39, 0.29) is 5.91 Å². The molecule has 1 N–H and O–H groups in total. The molecular formula is C14H22N2O2. The number of carbonyl (C=O) groups is 1. The Balaban J connectivity index is 2.68. The zero-order valence-electron chi connectivity index (χ0n) is 11.6. The van der Waals surface area contributed by atoms with Crippen LogP contribution in [0, 0.1) is 6.92 Å². The zero-order chi connectivity index (χ0) is 13.5. The summed E-state index contributed by atoms with van der Waals surface area (Å²) in [6.07, 6.45) is 1.41. The molecule has 0 radical (unpaired) electrons. The Morgan fingerprint density at radius 2 is 2.17 bits per heavy atom. The number of benzene rings is 1. The average Bonchev–Trinajstić information content (AvgIpc) is 2.38. The fourth-order valence-corrected chi connectivity index (χ4v) is 1.80. The average molecular weight is 250 g/mol. The largest absolute Gasteiger partial charge is 0.496 e. The topological polar surface area (TPSA) is 41.6 Å². The molecule has 4 heteroatoms. The summed E-state index contributed by atoms with van der Waals surface area (Å²) in [5.41, 5.74) is 1.94. The molecule has 0 saturated carbocycles. The molecule has 0 aromatic heterocycles. The standard InChI is InChI=1S/C14H22N2O2/c1-11-10-12(7-8-13(11)18-4)16(3)14(17)6-5-9-15-2/h7-8,10,15H,5-6,9H2,1-4H3. The number of nitrogens with zero attached hydrogens (tertiary/aromatic N) is 1. The van der Waals surface area contributed by atoms with Crippen molar-refractivity contribution >= 4 is 11.6 Å². The molecule has 4 nitrogen and oxygen atoms in total. The SMILES string of the molecule is CNCCCC(=O)N(C)c1ccc(OC)c(C)c1. The third-order valence-corrected chi connectivity index (χ3v) is 2.96. The monoisotopic (exact) mass is 250 g/mol. The molecule has 1 amide bonds. The Morgan fingerprint density at radius 1 is 1.44 bits per heavy atom. The van der Waals surface area contributed by atoms with E-state index >= 15 is 0 Å². The minimum atomic E-state index is 0.134. The Kier molecular flexibility index (Phi) is 5.65. The van der Waals surface area contributed by atoms with Crippen LogP contribution in [0.5, 0.6) is 5.75 Å². The third-order valence-electron chi connectivity index (χ3n) is 2.96. The van der Waals surface area contributed by atoms with Crippen molar-refractivity contribution in [1.82, 2.24) is 5.32 Å². The normalized spacial score (nSPS) is 10.2. The van der Waals surface area contributed by atoms with Crippen molar-refractivity contribution in [3.05, 3.63) is 23.8 Å². The predicted molar refractivity (Wildman–Crippen MR) is 74.3 cm³/mol. The number of rotatable bonds is 6. The predicted octanol–water partition coefficient (Wildman–Crippen LogP) is 1.97. The molecule has 0 aliphatic rings. The molecule has 0 spiro atoms. The molecule has 0 aliphatic heterocycles. The molecule has 1 aromatic rings. The number of hydrogen-bond donors (Lipinski definition) is 1. The second kappa shape index (κ2) is 7.01. The van der Waals surface area contributed by atoms with Crippen LogP contribution in [0.4, 0.5) is 5.69 Å². The lowest BCUT2D eigenvalue weighted by molar-refractivity contribution is -0.118. The first kappa shape index (κ1) is 14.5. The van der Waals surface area contributed by atoms with Gasteiger partial charge in [0.15, 0.2) is 0 Å². The number of amides is 1. The number of aryl methyl sites for hydroxylation is 1. The van der Waals surface area contributed by atoms with E-state index in [1.807, 2.05) is 39.2 Å². The molecule has 0 aliphatic carbocycles. The maximum absolute atomic E-state index is 12.0. The van der Waals surface area contributed by atoms with Crippen molar-refractivity contribution < 1.29 is 9.53 Å². The summed E-state index contributed by atoms with van der Waals surface area (Å²) in [6.45, 7) is 2.84. The van der Waals surface area contributed by atoms with E-state index in [0.29, 0.717) is 6.42 Å². The van der Waals surface area contributed by atoms with Crippen LogP contribution >= 0.6 is 0 Å². The summed E-state index contributed by atoms with van der Waals surface area (Å²) >= 11 is 0. The minimum absolute atomic E-state index is 0.134. The van der Waals surface area contributed by atoms with Crippen molar-refractivity contribution in [2.45, 2.75) is 19.8 Å². The van der Waals surface area contributed by atoms with Crippen LogP contribution < -0.4 is 15.0 Å². The van der Waals surface area contributed by atoms with Crippen molar-refractivity contribution in [3.63, 3.8) is 0 Å². The highest BCUT2D eigenvalue weighted by Gasteiger charge is 2.11. The molecular weight excluding hydrogens is 228 g/mol. The summed E-state index contributed by atoms with van der Waals surface area (Å²) in [4.78, 5) is 13.6. The molecule has 0 bridgehead atoms. The summed E-state index contributed by atoms with van der Waals surface area (Å²) in [5, 5.41) is 3.04. The molecule has 0 atom stereocenters. The number of ether oxygens (including phenoxy) is 1. The van der Waals surface area contributed by atoms with Gasteiger partial charge >= 0.3 is 0 Å². The van der Waals surface area contributed by atoms with Gasteiger partial charge in [-0.1, -0.05) is 0 Å². The quantitative estimate of drug-likeness (QED) is 0.785. The molecule has 1 aromatic carbocycles. The van der Waals surface area contributed by atoms with Crippen LogP contribution in [0.25, 0.3) is 0 Å². The van der Waals surface area contributed by atoms with Gasteiger partial charge in [-0.15, -0.1) is 0 Å². The van der Waals surface area contributed by atoms with E-state index in [1.165, 1.54) is 0 Å². The van der Waals surface area contributed by atoms with Gasteiger partial charge in [0.05, 0.1) is 7.11 Å². The molecule has 0 fully saturated rings. The first-order valence-corrected chi connectivity index (χ1v) is 6.16. The molecule has 1 rings (SSSR count). The molecule has 18 heavy (non-hydrogen) atoms. The molecule has 0 heterocycles. The lowest BCUT2D eigenvalue weighted by atomic mass is 10.1. The zero-order valence-corrected chi connectivity index (χ0v) is 11.6. The lowest BCUT2D eigenvalue weighted by Gasteiger charge is -2.18. The maximum Gasteiger partial charge on any atom is 0.226 e. The van der Waals surface area contributed by atoms with E-state index in [9.17, 15) is 4.79 Å². The van der Waals surface area contributed by atoms with Crippen LogP contribution in [0.1, 0.15) is 18.4 Å². The number of nitrogens with one attached hydrogen (secondary N) is 1. The Labute approximate surface area is 109 Å². The maximum atomic E-state index is 12.0. The van der Waals surface area contributed by atoms with E-state index in [4.69, 9.17) is 4.74 Å². The molecule has 0 saturated heterocycles. The summed E-state index contributed by atoms with van der Waals surface area (Å²) in [6, 6.07) is 5.76. The highest BCUT2D eigenvalue weighted by Crippen LogP contribution is 2.23. The van der Waals surface area contributed by atoms with Gasteiger partial charge in [-0.05, 0) is 50.7 Å². The van der Waals surface area contributed by atoms with Crippen LogP contribution in [0.2, 0.25) is 0 Å². The fraction of sp³-hybridized carbons (Fsp3) is 0.500. The smallest absolute Gasteiger partial charge is 0.226 e. The van der Waals surface area contributed by atoms with Crippen LogP contribution in [0.15, 0.2) is 18.2 Å². The van der Waals surface area contributed by atoms with E-state index in [2.05, 4.69) is 5.32 Å². The van der Waals surface area contributed by atoms with E-state index < -0.39 is 0 Å². The summed E-state index contributed by atoms with van der Waals surface area (Å²) < 4.78 is 5.21. The number of anilines is 1. The van der Waals surface area contributed by atoms with E-state index in [1.54, 1.807) is 12.0 Å². The van der Waals surface area contributed by atoms with Gasteiger partial charge in [0.1, 0.15) is 5.75 Å². The van der Waals surface area contributed by atoms with Crippen molar-refractivity contribution in [2.75, 3.05) is 32.6 Å². The van der Waals surface area contributed by atoms with Crippen molar-refractivity contribution in [1.29, 1.82) is 0 Å². The van der Waals surface area contributed by atoms with Gasteiger partial charge < -0.3 is 15.0 Å². The number of hydrogen-bond acceptors (Lipinski definition) is 3. The molecule has 100 valence electrons. The van der Waals surface area contributed by atoms with Gasteiger partial charge in [0, 0.05) is 19.2 Å². The van der Waals surface area contributed by atoms with Crippen LogP contribution in [0.3, 0.4) is 0 Å². The fourth-order valence-electron chi connectivity index (χ4n) is 1.80. The second-order valence-electron chi connectivity index (χ2n) is 4.31. The number of methoxy groups -OCH3 is 1. The van der Waals surface area contributed by atoms with Gasteiger partial charge in [-0.25, -0.2) is 0 Å². The Morgan fingerprint density at radius 3 is 2.72 bits per heavy atom. The highest BCUT2D eigenvalue weighted by atomic mass is 16.5. The van der Waals surface area contributed by atoms with Gasteiger partial charge in [0.2, 0.25) is 5.91 Å². The van der Waals surface area contributed by atoms with E-state index in [0.717, 1.165) is 30.0 Å². The molecule has 0 unspecified atom stereocenters. The lowest BCUT2D eigenvalue weighted by Crippen LogP contribution is -2.26. The minimum Gasteiger partial charge on any atom is -0.496 e. The van der Waals surface area contributed by atoms with Gasteiger partial charge in [-0.3, -0.25) is 4.79 Å². The van der Waals surface area contributed by atoms with Crippen LogP contribution in [-0.4, -0.2) is 33.7 Å². The first-order chi connectivity index (χ1) is 8.60. The number of carbonyl (C=O) groups excluding carboxylic acids is 1. The highest BCUT2D eigenvalue weighted by molar-refractivity contribution is 5.92. The summed E-state index contributed by atoms with van der Waals surface area (Å²) in [5.74, 6) is 0.976. The van der Waals surface area contributed by atoms with Crippen LogP contribution in [-0.2, 0) is 4.79 Å². The first-order valence-electron chi connectivity index (χ1n) is 6.16. The van der Waals surface area contributed by atoms with Gasteiger partial charge in [-0.2, -0.15) is 0 Å². The Hall–Kier alpha value is -1.55. The van der Waals surface area contributed by atoms with Gasteiger partial charge in [0.25, 0.3) is 0 Å². The third kappa shape index (κ3) is 3.74. The summed E-state index contributed by atoms with van der Waals surface area (Å²) in [7, 11) is 5.35. The second-order valence-corrected chi connectivity index (χ2v) is 4.31. The van der Waals surface area contributed by atoms with Crippen molar-refractivity contribution in [2.24, 2.45) is 0 Å². The van der Waals surface area contributed by atoms with Crippen molar-refractivity contribution in [3.8, 4) is 5.75 Å².